The van der Waals surface area contributed by atoms with E-state index in [0.717, 1.165) is 55.6 Å². The van der Waals surface area contributed by atoms with Gasteiger partial charge in [-0.15, -0.1) is 10.2 Å². The van der Waals surface area contributed by atoms with Crippen LogP contribution in [0.1, 0.15) is 38.7 Å². The molecular formula is C23H28N6O2. The molecule has 0 saturated carbocycles. The zero-order chi connectivity index (χ0) is 21.8. The van der Waals surface area contributed by atoms with Crippen molar-refractivity contribution in [3.8, 4) is 5.75 Å². The van der Waals surface area contributed by atoms with Crippen molar-refractivity contribution in [3.05, 3.63) is 70.6 Å². The molecule has 3 aromatic rings. The van der Waals surface area contributed by atoms with E-state index in [9.17, 15) is 4.79 Å². The van der Waals surface area contributed by atoms with E-state index < -0.39 is 0 Å². The van der Waals surface area contributed by atoms with E-state index in [2.05, 4.69) is 55.9 Å². The van der Waals surface area contributed by atoms with Gasteiger partial charge in [0.05, 0.1) is 13.7 Å². The highest BCUT2D eigenvalue weighted by Gasteiger charge is 2.20. The molecule has 0 spiro atoms. The van der Waals surface area contributed by atoms with Crippen molar-refractivity contribution in [2.75, 3.05) is 20.2 Å². The summed E-state index contributed by atoms with van der Waals surface area (Å²) in [5, 5.41) is 11.6. The fourth-order valence-electron chi connectivity index (χ4n) is 3.96. The summed E-state index contributed by atoms with van der Waals surface area (Å²) in [6.07, 6.45) is 4.05. The third-order valence-corrected chi connectivity index (χ3v) is 5.79. The molecule has 0 aliphatic carbocycles. The van der Waals surface area contributed by atoms with Gasteiger partial charge in [0.15, 0.2) is 5.82 Å². The molecule has 8 nitrogen and oxygen atoms in total. The Bertz CT molecular complexity index is 1060. The van der Waals surface area contributed by atoms with E-state index in [1.165, 1.54) is 11.1 Å². The monoisotopic (exact) mass is 420 g/mol. The normalized spacial score (nSPS) is 14.0. The third-order valence-electron chi connectivity index (χ3n) is 5.79. The lowest BCUT2D eigenvalue weighted by Gasteiger charge is -2.21. The second kappa shape index (κ2) is 9.26. The number of hydrogen-bond acceptors (Lipinski definition) is 6. The van der Waals surface area contributed by atoms with Gasteiger partial charge < -0.3 is 14.6 Å². The first-order chi connectivity index (χ1) is 15.0. The fraction of sp³-hybridized carbons (Fsp3) is 0.391. The number of methoxy groups -OCH3 is 1. The van der Waals surface area contributed by atoms with Gasteiger partial charge in [0.1, 0.15) is 11.6 Å². The number of pyridine rings is 1. The van der Waals surface area contributed by atoms with Crippen molar-refractivity contribution >= 4 is 5.91 Å². The van der Waals surface area contributed by atoms with Gasteiger partial charge in [0.2, 0.25) is 0 Å². The van der Waals surface area contributed by atoms with E-state index in [1.54, 1.807) is 31.6 Å². The Labute approximate surface area is 182 Å². The molecule has 1 aromatic carbocycles. The molecular weight excluding hydrogens is 392 g/mol. The Morgan fingerprint density at radius 2 is 1.90 bits per heavy atom. The number of aromatic nitrogens is 4. The minimum atomic E-state index is -0.139. The van der Waals surface area contributed by atoms with Gasteiger partial charge in [-0.2, -0.15) is 0 Å². The number of hydrogen-bond donors (Lipinski definition) is 1. The predicted octanol–water partition coefficient (Wildman–Crippen LogP) is 2.29. The molecule has 31 heavy (non-hydrogen) atoms. The molecule has 0 bridgehead atoms. The van der Waals surface area contributed by atoms with Crippen molar-refractivity contribution in [1.82, 2.24) is 30.0 Å². The van der Waals surface area contributed by atoms with Crippen LogP contribution in [0.5, 0.6) is 5.75 Å². The van der Waals surface area contributed by atoms with Crippen LogP contribution in [-0.4, -0.2) is 50.8 Å². The molecule has 0 atom stereocenters. The average Bonchev–Trinajstić information content (AvgIpc) is 3.06. The van der Waals surface area contributed by atoms with Gasteiger partial charge in [-0.05, 0) is 48.7 Å². The number of rotatable bonds is 6. The third kappa shape index (κ3) is 4.74. The van der Waals surface area contributed by atoms with Crippen LogP contribution in [0.2, 0.25) is 0 Å². The molecule has 162 valence electrons. The van der Waals surface area contributed by atoms with Gasteiger partial charge >= 0.3 is 0 Å². The van der Waals surface area contributed by atoms with Crippen molar-refractivity contribution in [2.45, 2.75) is 39.9 Å². The summed E-state index contributed by atoms with van der Waals surface area (Å²) in [4.78, 5) is 18.7. The van der Waals surface area contributed by atoms with Crippen LogP contribution in [-0.2, 0) is 26.1 Å². The number of benzene rings is 1. The zero-order valence-electron chi connectivity index (χ0n) is 18.3. The summed E-state index contributed by atoms with van der Waals surface area (Å²) < 4.78 is 7.58. The van der Waals surface area contributed by atoms with Crippen molar-refractivity contribution in [1.29, 1.82) is 0 Å². The van der Waals surface area contributed by atoms with Gasteiger partial charge in [0.25, 0.3) is 5.91 Å². The molecule has 1 N–H and O–H groups in total. The number of carbonyl (C=O) groups is 1. The molecule has 0 saturated heterocycles. The molecule has 0 fully saturated rings. The minimum absolute atomic E-state index is 0.139. The van der Waals surface area contributed by atoms with E-state index >= 15 is 0 Å². The molecule has 4 rings (SSSR count). The lowest BCUT2D eigenvalue weighted by Crippen LogP contribution is -2.28. The molecule has 0 unspecified atom stereocenters. The van der Waals surface area contributed by atoms with E-state index in [-0.39, 0.29) is 5.91 Å². The summed E-state index contributed by atoms with van der Waals surface area (Å²) in [5.41, 5.74) is 4.30. The molecule has 2 aromatic heterocycles. The highest BCUT2D eigenvalue weighted by atomic mass is 16.5. The molecule has 3 heterocycles. The Morgan fingerprint density at radius 3 is 2.68 bits per heavy atom. The topological polar surface area (TPSA) is 85.2 Å². The number of carbonyl (C=O) groups excluding carboxylic acids is 1. The summed E-state index contributed by atoms with van der Waals surface area (Å²) in [6, 6.07) is 7.72. The van der Waals surface area contributed by atoms with E-state index in [4.69, 9.17) is 4.74 Å². The minimum Gasteiger partial charge on any atom is -0.496 e. The molecule has 1 aliphatic rings. The van der Waals surface area contributed by atoms with Crippen molar-refractivity contribution < 1.29 is 9.53 Å². The van der Waals surface area contributed by atoms with Gasteiger partial charge in [-0.1, -0.05) is 6.07 Å². The second-order valence-corrected chi connectivity index (χ2v) is 7.88. The zero-order valence-corrected chi connectivity index (χ0v) is 18.3. The standard InChI is InChI=1S/C23H28N6O2/c1-16-13-20(31-3)17(2)12-19(16)15-28-9-6-21-26-27-22(29(21)11-10-28)14-25-23(30)18-4-7-24-8-5-18/h4-5,7-8,12-13H,6,9-11,14-15H2,1-3H3,(H,25,30). The van der Waals surface area contributed by atoms with Crippen LogP contribution < -0.4 is 10.1 Å². The van der Waals surface area contributed by atoms with Crippen molar-refractivity contribution in [2.24, 2.45) is 0 Å². The Hall–Kier alpha value is -3.26. The smallest absolute Gasteiger partial charge is 0.251 e. The van der Waals surface area contributed by atoms with E-state index in [0.29, 0.717) is 12.1 Å². The maximum absolute atomic E-state index is 12.3. The summed E-state index contributed by atoms with van der Waals surface area (Å²) in [6.45, 7) is 8.09. The number of nitrogens with one attached hydrogen (secondary N) is 1. The summed E-state index contributed by atoms with van der Waals surface area (Å²) in [7, 11) is 1.71. The number of aryl methyl sites for hydroxylation is 2. The number of ether oxygens (including phenoxy) is 1. The molecule has 1 amide bonds. The van der Waals surface area contributed by atoms with Gasteiger partial charge in [-0.25, -0.2) is 0 Å². The SMILES string of the molecule is COc1cc(C)c(CN2CCc3nnc(CNC(=O)c4ccncc4)n3CC2)cc1C. The lowest BCUT2D eigenvalue weighted by atomic mass is 10.0. The quantitative estimate of drug-likeness (QED) is 0.659. The molecule has 8 heteroatoms. The van der Waals surface area contributed by atoms with Crippen LogP contribution >= 0.6 is 0 Å². The van der Waals surface area contributed by atoms with Crippen LogP contribution in [0, 0.1) is 13.8 Å². The highest BCUT2D eigenvalue weighted by Crippen LogP contribution is 2.24. The first kappa shape index (κ1) is 21.0. The summed E-state index contributed by atoms with van der Waals surface area (Å²) in [5.74, 6) is 2.55. The largest absolute Gasteiger partial charge is 0.496 e. The number of nitrogens with zero attached hydrogens (tertiary/aromatic N) is 5. The second-order valence-electron chi connectivity index (χ2n) is 7.88. The first-order valence-corrected chi connectivity index (χ1v) is 10.5. The highest BCUT2D eigenvalue weighted by molar-refractivity contribution is 5.93. The number of fused-ring (bicyclic) bond motifs is 1. The van der Waals surface area contributed by atoms with Gasteiger partial charge in [-0.3, -0.25) is 14.7 Å². The van der Waals surface area contributed by atoms with Gasteiger partial charge in [0, 0.05) is 50.6 Å². The first-order valence-electron chi connectivity index (χ1n) is 10.5. The summed E-state index contributed by atoms with van der Waals surface area (Å²) >= 11 is 0. The van der Waals surface area contributed by atoms with Crippen molar-refractivity contribution in [3.63, 3.8) is 0 Å². The lowest BCUT2D eigenvalue weighted by molar-refractivity contribution is 0.0949. The Balaban J connectivity index is 1.39. The average molecular weight is 421 g/mol. The van der Waals surface area contributed by atoms with Crippen LogP contribution in [0.15, 0.2) is 36.7 Å². The van der Waals surface area contributed by atoms with Crippen LogP contribution in [0.25, 0.3) is 0 Å². The molecule has 1 aliphatic heterocycles. The Kier molecular flexibility index (Phi) is 6.27. The Morgan fingerprint density at radius 1 is 1.10 bits per heavy atom. The van der Waals surface area contributed by atoms with Crippen LogP contribution in [0.3, 0.4) is 0 Å². The van der Waals surface area contributed by atoms with Crippen LogP contribution in [0.4, 0.5) is 0 Å². The fourth-order valence-corrected chi connectivity index (χ4v) is 3.96. The maximum atomic E-state index is 12.3. The maximum Gasteiger partial charge on any atom is 0.251 e. The molecule has 0 radical (unpaired) electrons. The predicted molar refractivity (Wildman–Crippen MR) is 117 cm³/mol. The number of amides is 1. The van der Waals surface area contributed by atoms with E-state index in [1.807, 2.05) is 0 Å².